The maximum absolute atomic E-state index is 6.35. The summed E-state index contributed by atoms with van der Waals surface area (Å²) in [7, 11) is 0. The molecule has 0 rings (SSSR count). The lowest BCUT2D eigenvalue weighted by Crippen LogP contribution is -2.30. The maximum atomic E-state index is 6.35. The molecule has 0 saturated carbocycles. The van der Waals surface area contributed by atoms with E-state index in [2.05, 4.69) is 4.99 Å². The number of nitrogens with one attached hydrogen (secondary N) is 1. The van der Waals surface area contributed by atoms with Crippen molar-refractivity contribution in [2.45, 2.75) is 12.6 Å². The van der Waals surface area contributed by atoms with Gasteiger partial charge in [-0.2, -0.15) is 0 Å². The summed E-state index contributed by atoms with van der Waals surface area (Å²) in [6.45, 7) is 0.501. The quantitative estimate of drug-likeness (QED) is 0.384. The zero-order chi connectivity index (χ0) is 6.41. The predicted molar refractivity (Wildman–Crippen MR) is 39.0 cm³/mol. The molecular weight excluding hydrogens is 140 g/mol. The fourth-order valence-corrected chi connectivity index (χ4v) is 0.270. The summed E-state index contributed by atoms with van der Waals surface area (Å²) < 4.78 is 0. The molecule has 0 saturated heterocycles. The number of halogens is 1. The van der Waals surface area contributed by atoms with Gasteiger partial charge in [-0.3, -0.25) is 0 Å². The lowest BCUT2D eigenvalue weighted by Gasteiger charge is -1.97. The summed E-state index contributed by atoms with van der Waals surface area (Å²) in [6.07, 6.45) is 0.304. The van der Waals surface area contributed by atoms with Gasteiger partial charge in [-0.1, -0.05) is 0 Å². The van der Waals surface area contributed by atoms with E-state index in [0.29, 0.717) is 13.0 Å². The van der Waals surface area contributed by atoms with Crippen molar-refractivity contribution in [2.75, 3.05) is 6.54 Å². The first kappa shape index (κ1) is 11.4. The van der Waals surface area contributed by atoms with Crippen LogP contribution in [0.5, 0.6) is 0 Å². The van der Waals surface area contributed by atoms with Crippen molar-refractivity contribution in [3.63, 3.8) is 0 Å². The molecule has 0 aromatic rings. The Morgan fingerprint density at radius 3 is 2.44 bits per heavy atom. The van der Waals surface area contributed by atoms with Gasteiger partial charge < -0.3 is 11.5 Å². The van der Waals surface area contributed by atoms with Crippen LogP contribution < -0.4 is 11.5 Å². The standard InChI is InChI=1S/C4H10N4.ClH/c5-3-8-2-1-4(6)7;/h4-5H,1-2,6-7H2;1H. The zero-order valence-corrected chi connectivity index (χ0v) is 5.82. The van der Waals surface area contributed by atoms with Gasteiger partial charge in [0.1, 0.15) is 0 Å². The van der Waals surface area contributed by atoms with E-state index < -0.39 is 0 Å². The van der Waals surface area contributed by atoms with Crippen molar-refractivity contribution in [3.05, 3.63) is 0 Å². The van der Waals surface area contributed by atoms with E-state index in [1.165, 1.54) is 0 Å². The lowest BCUT2D eigenvalue weighted by molar-refractivity contribution is 0.650. The molecule has 0 aliphatic heterocycles. The molecule has 5 heteroatoms. The van der Waals surface area contributed by atoms with Crippen LogP contribution in [0, 0.1) is 5.41 Å². The third-order valence-corrected chi connectivity index (χ3v) is 0.653. The highest BCUT2D eigenvalue weighted by Crippen LogP contribution is 1.77. The summed E-state index contributed by atoms with van der Waals surface area (Å²) >= 11 is 0. The molecule has 5 N–H and O–H groups in total. The van der Waals surface area contributed by atoms with Gasteiger partial charge in [-0.05, 0) is 6.42 Å². The molecule has 0 radical (unpaired) electrons. The molecule has 0 amide bonds. The normalized spacial score (nSPS) is 7.89. The third kappa shape index (κ3) is 11.3. The molecule has 0 bridgehead atoms. The van der Waals surface area contributed by atoms with Gasteiger partial charge in [0.25, 0.3) is 0 Å². The van der Waals surface area contributed by atoms with Gasteiger partial charge in [-0.15, -0.1) is 12.4 Å². The number of nitrogens with zero attached hydrogens (tertiary/aromatic N) is 1. The topological polar surface area (TPSA) is 88.2 Å². The van der Waals surface area contributed by atoms with Crippen molar-refractivity contribution < 1.29 is 0 Å². The second-order valence-electron chi connectivity index (χ2n) is 1.45. The van der Waals surface area contributed by atoms with Crippen LogP contribution in [0.15, 0.2) is 4.99 Å². The first-order valence-electron chi connectivity index (χ1n) is 2.36. The van der Waals surface area contributed by atoms with E-state index in [4.69, 9.17) is 16.9 Å². The fraction of sp³-hybridized carbons (Fsp3) is 0.750. The largest absolute Gasteiger partial charge is 0.316 e. The Hall–Kier alpha value is -0.410. The van der Waals surface area contributed by atoms with Crippen molar-refractivity contribution in [1.82, 2.24) is 0 Å². The van der Waals surface area contributed by atoms with Crippen LogP contribution in [0.4, 0.5) is 0 Å². The Labute approximate surface area is 60.2 Å². The van der Waals surface area contributed by atoms with E-state index in [1.807, 2.05) is 6.01 Å². The number of aliphatic imine (C=N–C) groups is 1. The predicted octanol–water partition coefficient (Wildman–Crippen LogP) is -0.206. The molecular formula is C4H11ClN4. The smallest absolute Gasteiger partial charge is 0.0861 e. The first-order valence-corrected chi connectivity index (χ1v) is 2.36. The highest BCUT2D eigenvalue weighted by Gasteiger charge is 1.88. The second-order valence-corrected chi connectivity index (χ2v) is 1.45. The Morgan fingerprint density at radius 1 is 1.56 bits per heavy atom. The third-order valence-electron chi connectivity index (χ3n) is 0.653. The van der Waals surface area contributed by atoms with Crippen LogP contribution in [0.1, 0.15) is 6.42 Å². The highest BCUT2D eigenvalue weighted by molar-refractivity contribution is 5.85. The summed E-state index contributed by atoms with van der Waals surface area (Å²) in [5.41, 5.74) is 10.3. The molecule has 0 spiro atoms. The van der Waals surface area contributed by atoms with Gasteiger partial charge >= 0.3 is 0 Å². The van der Waals surface area contributed by atoms with Crippen molar-refractivity contribution in [3.8, 4) is 0 Å². The Kier molecular flexibility index (Phi) is 9.61. The summed E-state index contributed by atoms with van der Waals surface area (Å²) in [4.78, 5) is 3.47. The van der Waals surface area contributed by atoms with Crippen molar-refractivity contribution in [2.24, 2.45) is 16.5 Å². The number of hydrogen-bond donors (Lipinski definition) is 3. The average Bonchev–Trinajstić information content (AvgIpc) is 1.66. The fourth-order valence-electron chi connectivity index (χ4n) is 0.270. The van der Waals surface area contributed by atoms with Gasteiger partial charge in [0, 0.05) is 0 Å². The highest BCUT2D eigenvalue weighted by atomic mass is 35.5. The molecule has 9 heavy (non-hydrogen) atoms. The number of rotatable bonds is 3. The van der Waals surface area contributed by atoms with Crippen LogP contribution in [0.2, 0.25) is 0 Å². The van der Waals surface area contributed by atoms with Gasteiger partial charge in [0.15, 0.2) is 0 Å². The van der Waals surface area contributed by atoms with Gasteiger partial charge in [0.05, 0.1) is 18.7 Å². The molecule has 0 fully saturated rings. The van der Waals surface area contributed by atoms with Crippen LogP contribution in [0.25, 0.3) is 0 Å². The Morgan fingerprint density at radius 2 is 2.11 bits per heavy atom. The molecule has 0 atom stereocenters. The van der Waals surface area contributed by atoms with Crippen LogP contribution in [0.3, 0.4) is 0 Å². The van der Waals surface area contributed by atoms with Gasteiger partial charge in [0.2, 0.25) is 0 Å². The van der Waals surface area contributed by atoms with Crippen molar-refractivity contribution in [1.29, 1.82) is 5.41 Å². The van der Waals surface area contributed by atoms with Crippen LogP contribution >= 0.6 is 12.4 Å². The zero-order valence-electron chi connectivity index (χ0n) is 5.00. The monoisotopic (exact) mass is 150 g/mol. The molecule has 0 heterocycles. The first-order chi connectivity index (χ1) is 3.77. The van der Waals surface area contributed by atoms with E-state index >= 15 is 0 Å². The minimum atomic E-state index is -0.313. The summed E-state index contributed by atoms with van der Waals surface area (Å²) in [5.74, 6) is 0. The van der Waals surface area contributed by atoms with Crippen molar-refractivity contribution >= 4 is 18.4 Å². The van der Waals surface area contributed by atoms with E-state index in [9.17, 15) is 0 Å². The Bertz CT molecular complexity index is 96.7. The minimum Gasteiger partial charge on any atom is -0.316 e. The number of nitrogens with two attached hydrogens (primary N) is 2. The molecule has 54 valence electrons. The maximum Gasteiger partial charge on any atom is 0.0861 e. The molecule has 4 nitrogen and oxygen atoms in total. The second kappa shape index (κ2) is 7.59. The molecule has 0 unspecified atom stereocenters. The SMILES string of the molecule is Cl.N=C=NCCC(N)N. The number of hydrogen-bond acceptors (Lipinski definition) is 4. The molecule has 0 aliphatic rings. The van der Waals surface area contributed by atoms with Crippen LogP contribution in [-0.2, 0) is 0 Å². The summed E-state index contributed by atoms with van der Waals surface area (Å²) in [5, 5.41) is 6.35. The average molecular weight is 151 g/mol. The lowest BCUT2D eigenvalue weighted by atomic mass is 10.4. The Balaban J connectivity index is 0. The molecule has 0 aliphatic carbocycles. The summed E-state index contributed by atoms with van der Waals surface area (Å²) in [6, 6.07) is 1.89. The van der Waals surface area contributed by atoms with E-state index in [1.54, 1.807) is 0 Å². The van der Waals surface area contributed by atoms with E-state index in [-0.39, 0.29) is 18.6 Å². The van der Waals surface area contributed by atoms with Crippen LogP contribution in [-0.4, -0.2) is 18.7 Å². The molecule has 0 aromatic heterocycles. The van der Waals surface area contributed by atoms with Gasteiger partial charge in [-0.25, -0.2) is 10.4 Å². The van der Waals surface area contributed by atoms with E-state index in [0.717, 1.165) is 0 Å². The molecule has 0 aromatic carbocycles. The minimum absolute atomic E-state index is 0.